The van der Waals surface area contributed by atoms with Crippen molar-refractivity contribution in [2.45, 2.75) is 58.2 Å². The van der Waals surface area contributed by atoms with E-state index in [1.54, 1.807) is 12.4 Å². The zero-order valence-corrected chi connectivity index (χ0v) is 13.4. The van der Waals surface area contributed by atoms with Crippen molar-refractivity contribution >= 4 is 0 Å². The van der Waals surface area contributed by atoms with Gasteiger partial charge in [-0.3, -0.25) is 4.98 Å². The van der Waals surface area contributed by atoms with Gasteiger partial charge in [-0.15, -0.1) is 0 Å². The van der Waals surface area contributed by atoms with Crippen molar-refractivity contribution in [1.29, 1.82) is 0 Å². The van der Waals surface area contributed by atoms with Gasteiger partial charge in [-0.25, -0.2) is 4.98 Å². The summed E-state index contributed by atoms with van der Waals surface area (Å²) in [6.07, 6.45) is 5.99. The second kappa shape index (κ2) is 6.28. The van der Waals surface area contributed by atoms with E-state index in [4.69, 9.17) is 9.47 Å². The SMILES string of the molecule is CCOC1(C(O)c2nccnc2OC)CCC(C)(C)CC1. The summed E-state index contributed by atoms with van der Waals surface area (Å²) in [5, 5.41) is 10.9. The van der Waals surface area contributed by atoms with Crippen molar-refractivity contribution < 1.29 is 14.6 Å². The van der Waals surface area contributed by atoms with Crippen LogP contribution in [0.15, 0.2) is 12.4 Å². The molecule has 1 saturated carbocycles. The molecule has 118 valence electrons. The van der Waals surface area contributed by atoms with Gasteiger partial charge in [0.25, 0.3) is 0 Å². The van der Waals surface area contributed by atoms with Gasteiger partial charge in [0.15, 0.2) is 0 Å². The van der Waals surface area contributed by atoms with Crippen LogP contribution in [0.5, 0.6) is 5.88 Å². The van der Waals surface area contributed by atoms with Crippen molar-refractivity contribution in [2.24, 2.45) is 5.41 Å². The van der Waals surface area contributed by atoms with E-state index < -0.39 is 11.7 Å². The van der Waals surface area contributed by atoms with Crippen LogP contribution in [0.4, 0.5) is 0 Å². The Labute approximate surface area is 126 Å². The van der Waals surface area contributed by atoms with E-state index in [0.29, 0.717) is 23.6 Å². The number of methoxy groups -OCH3 is 1. The van der Waals surface area contributed by atoms with E-state index in [-0.39, 0.29) is 0 Å². The number of hydrogen-bond acceptors (Lipinski definition) is 5. The van der Waals surface area contributed by atoms with Crippen LogP contribution in [0, 0.1) is 5.41 Å². The average Bonchev–Trinajstić information content (AvgIpc) is 2.49. The van der Waals surface area contributed by atoms with Gasteiger partial charge in [0, 0.05) is 19.0 Å². The van der Waals surface area contributed by atoms with E-state index in [9.17, 15) is 5.11 Å². The summed E-state index contributed by atoms with van der Waals surface area (Å²) in [4.78, 5) is 8.40. The summed E-state index contributed by atoms with van der Waals surface area (Å²) in [6, 6.07) is 0. The first-order valence-corrected chi connectivity index (χ1v) is 7.61. The molecule has 0 bridgehead atoms. The molecule has 0 aliphatic heterocycles. The standard InChI is InChI=1S/C16H26N2O3/c1-5-21-16(8-6-15(2,3)7-9-16)13(19)12-14(20-4)18-11-10-17-12/h10-11,13,19H,5-9H2,1-4H3. The number of rotatable bonds is 5. The molecule has 0 spiro atoms. The summed E-state index contributed by atoms with van der Waals surface area (Å²) in [5.74, 6) is 0.369. The number of nitrogens with zero attached hydrogens (tertiary/aromatic N) is 2. The van der Waals surface area contributed by atoms with Crippen LogP contribution in [0.3, 0.4) is 0 Å². The lowest BCUT2D eigenvalue weighted by Crippen LogP contribution is -2.45. The first-order valence-electron chi connectivity index (χ1n) is 7.61. The van der Waals surface area contributed by atoms with Crippen molar-refractivity contribution in [3.05, 3.63) is 18.1 Å². The number of hydrogen-bond donors (Lipinski definition) is 1. The molecule has 0 aromatic carbocycles. The Kier molecular flexibility index (Phi) is 4.84. The molecule has 2 rings (SSSR count). The minimum Gasteiger partial charge on any atom is -0.480 e. The Balaban J connectivity index is 2.29. The van der Waals surface area contributed by atoms with Gasteiger partial charge in [-0.1, -0.05) is 13.8 Å². The van der Waals surface area contributed by atoms with Crippen LogP contribution in [-0.4, -0.2) is 34.4 Å². The number of aromatic nitrogens is 2. The van der Waals surface area contributed by atoms with Gasteiger partial charge >= 0.3 is 0 Å². The highest BCUT2D eigenvalue weighted by Gasteiger charge is 2.46. The van der Waals surface area contributed by atoms with Crippen molar-refractivity contribution in [2.75, 3.05) is 13.7 Å². The molecular formula is C16H26N2O3. The Morgan fingerprint density at radius 1 is 1.19 bits per heavy atom. The van der Waals surface area contributed by atoms with E-state index in [2.05, 4.69) is 23.8 Å². The van der Waals surface area contributed by atoms with Crippen LogP contribution in [-0.2, 0) is 4.74 Å². The summed E-state index contributed by atoms with van der Waals surface area (Å²) >= 11 is 0. The summed E-state index contributed by atoms with van der Waals surface area (Å²) in [6.45, 7) is 7.05. The van der Waals surface area contributed by atoms with Crippen LogP contribution in [0.1, 0.15) is 58.3 Å². The van der Waals surface area contributed by atoms with Crippen molar-refractivity contribution in [3.8, 4) is 5.88 Å². The number of aliphatic hydroxyl groups is 1. The first kappa shape index (κ1) is 16.2. The highest BCUT2D eigenvalue weighted by Crippen LogP contribution is 2.48. The van der Waals surface area contributed by atoms with Gasteiger partial charge in [0.2, 0.25) is 5.88 Å². The molecule has 0 saturated heterocycles. The van der Waals surface area contributed by atoms with E-state index in [0.717, 1.165) is 25.7 Å². The van der Waals surface area contributed by atoms with E-state index in [1.807, 2.05) is 6.92 Å². The molecule has 0 radical (unpaired) electrons. The molecule has 5 nitrogen and oxygen atoms in total. The lowest BCUT2D eigenvalue weighted by atomic mass is 9.68. The second-order valence-corrected chi connectivity index (χ2v) is 6.52. The van der Waals surface area contributed by atoms with Gasteiger partial charge < -0.3 is 14.6 Å². The largest absolute Gasteiger partial charge is 0.480 e. The van der Waals surface area contributed by atoms with E-state index in [1.165, 1.54) is 7.11 Å². The monoisotopic (exact) mass is 294 g/mol. The first-order chi connectivity index (χ1) is 9.94. The van der Waals surface area contributed by atoms with Crippen LogP contribution in [0.25, 0.3) is 0 Å². The van der Waals surface area contributed by atoms with Gasteiger partial charge in [-0.2, -0.15) is 0 Å². The lowest BCUT2D eigenvalue weighted by molar-refractivity contribution is -0.155. The van der Waals surface area contributed by atoms with Gasteiger partial charge in [0.1, 0.15) is 11.8 Å². The third-order valence-corrected chi connectivity index (χ3v) is 4.52. The normalized spacial score (nSPS) is 21.8. The zero-order chi connectivity index (χ0) is 15.5. The Bertz CT molecular complexity index is 466. The van der Waals surface area contributed by atoms with Crippen molar-refractivity contribution in [3.63, 3.8) is 0 Å². The Hall–Kier alpha value is -1.20. The molecule has 1 aromatic rings. The minimum atomic E-state index is -0.822. The zero-order valence-electron chi connectivity index (χ0n) is 13.4. The second-order valence-electron chi connectivity index (χ2n) is 6.52. The third-order valence-electron chi connectivity index (χ3n) is 4.52. The fourth-order valence-electron chi connectivity index (χ4n) is 3.06. The molecule has 1 unspecified atom stereocenters. The highest BCUT2D eigenvalue weighted by atomic mass is 16.5. The fraction of sp³-hybridized carbons (Fsp3) is 0.750. The quantitative estimate of drug-likeness (QED) is 0.904. The molecule has 0 amide bonds. The molecule has 1 aromatic heterocycles. The highest BCUT2D eigenvalue weighted by molar-refractivity contribution is 5.23. The summed E-state index contributed by atoms with van der Waals surface area (Å²) in [5.41, 5.74) is 0.175. The molecule has 1 fully saturated rings. The molecular weight excluding hydrogens is 268 g/mol. The van der Waals surface area contributed by atoms with Crippen molar-refractivity contribution in [1.82, 2.24) is 9.97 Å². The summed E-state index contributed by atoms with van der Waals surface area (Å²) < 4.78 is 11.2. The molecule has 1 N–H and O–H groups in total. The smallest absolute Gasteiger partial charge is 0.238 e. The van der Waals surface area contributed by atoms with Crippen LogP contribution in [0.2, 0.25) is 0 Å². The number of aliphatic hydroxyl groups excluding tert-OH is 1. The third kappa shape index (κ3) is 3.35. The predicted octanol–water partition coefficient (Wildman–Crippen LogP) is 2.89. The van der Waals surface area contributed by atoms with Gasteiger partial charge in [-0.05, 0) is 38.0 Å². The molecule has 1 heterocycles. The minimum absolute atomic E-state index is 0.298. The van der Waals surface area contributed by atoms with Crippen LogP contribution < -0.4 is 4.74 Å². The molecule has 5 heteroatoms. The average molecular weight is 294 g/mol. The fourth-order valence-corrected chi connectivity index (χ4v) is 3.06. The maximum Gasteiger partial charge on any atom is 0.238 e. The number of ether oxygens (including phenoxy) is 2. The van der Waals surface area contributed by atoms with Gasteiger partial charge in [0.05, 0.1) is 12.7 Å². The maximum atomic E-state index is 10.9. The molecule has 21 heavy (non-hydrogen) atoms. The molecule has 1 atom stereocenters. The topological polar surface area (TPSA) is 64.5 Å². The predicted molar refractivity (Wildman–Crippen MR) is 80.1 cm³/mol. The van der Waals surface area contributed by atoms with E-state index >= 15 is 0 Å². The summed E-state index contributed by atoms with van der Waals surface area (Å²) in [7, 11) is 1.54. The Morgan fingerprint density at radius 3 is 2.38 bits per heavy atom. The Morgan fingerprint density at radius 2 is 1.81 bits per heavy atom. The molecule has 1 aliphatic rings. The maximum absolute atomic E-state index is 10.9. The van der Waals surface area contributed by atoms with Crippen LogP contribution >= 0.6 is 0 Å². The molecule has 1 aliphatic carbocycles. The lowest BCUT2D eigenvalue weighted by Gasteiger charge is -2.45.